The van der Waals surface area contributed by atoms with Crippen molar-refractivity contribution in [3.8, 4) is 0 Å². The molecule has 24 heavy (non-hydrogen) atoms. The molecule has 3 unspecified atom stereocenters. The summed E-state index contributed by atoms with van der Waals surface area (Å²) in [5, 5.41) is 5.34. The Labute approximate surface area is 141 Å². The molecular weight excluding hydrogens is 298 g/mol. The number of carbonyl (C=O) groups excluding carboxylic acids is 1. The lowest BCUT2D eigenvalue weighted by Crippen LogP contribution is -2.43. The molecule has 1 amide bonds. The molecule has 4 rings (SSSR count). The predicted octanol–water partition coefficient (Wildman–Crippen LogP) is 4.27. The summed E-state index contributed by atoms with van der Waals surface area (Å²) in [7, 11) is 0. The fourth-order valence-corrected chi connectivity index (χ4v) is 3.89. The van der Waals surface area contributed by atoms with Crippen LogP contribution in [-0.2, 0) is 0 Å². The van der Waals surface area contributed by atoms with Crippen molar-refractivity contribution in [3.05, 3.63) is 42.2 Å². The number of benzene rings is 1. The Kier molecular flexibility index (Phi) is 3.75. The summed E-state index contributed by atoms with van der Waals surface area (Å²) in [6.45, 7) is 4.53. The molecule has 3 atom stereocenters. The van der Waals surface area contributed by atoms with Crippen LogP contribution in [0.1, 0.15) is 43.6 Å². The second-order valence-electron chi connectivity index (χ2n) is 7.14. The molecule has 4 nitrogen and oxygen atoms in total. The molecule has 0 bridgehead atoms. The summed E-state index contributed by atoms with van der Waals surface area (Å²) in [6, 6.07) is 10.2. The minimum atomic E-state index is -0.0127. The first-order chi connectivity index (χ1) is 11.6. The smallest absolute Gasteiger partial charge is 0.267 e. The highest BCUT2D eigenvalue weighted by Gasteiger charge is 2.28. The van der Waals surface area contributed by atoms with Gasteiger partial charge < -0.3 is 10.3 Å². The van der Waals surface area contributed by atoms with E-state index in [9.17, 15) is 4.79 Å². The highest BCUT2D eigenvalue weighted by molar-refractivity contribution is 6.07. The number of pyridine rings is 1. The van der Waals surface area contributed by atoms with Gasteiger partial charge in [0.15, 0.2) is 0 Å². The number of fused-ring (bicyclic) bond motifs is 3. The molecule has 1 saturated carbocycles. The van der Waals surface area contributed by atoms with Gasteiger partial charge in [0.25, 0.3) is 5.91 Å². The number of nitrogens with one attached hydrogen (secondary N) is 2. The zero-order valence-electron chi connectivity index (χ0n) is 14.2. The number of rotatable bonds is 2. The van der Waals surface area contributed by atoms with Crippen LogP contribution in [0.25, 0.3) is 21.8 Å². The zero-order valence-corrected chi connectivity index (χ0v) is 14.2. The predicted molar refractivity (Wildman–Crippen MR) is 97.0 cm³/mol. The van der Waals surface area contributed by atoms with Gasteiger partial charge in [-0.2, -0.15) is 0 Å². The molecule has 1 aromatic carbocycles. The first-order valence-electron chi connectivity index (χ1n) is 8.81. The Morgan fingerprint density at radius 3 is 2.92 bits per heavy atom. The standard InChI is InChI=1S/C20H23N3O/c1-12-5-3-7-16(13(12)2)23-20(24)17-11-15-9-8-14-6-4-10-21-18(14)19(15)22-17/h4,6,8-13,16,22H,3,5,7H2,1-2H3,(H,23,24). The Morgan fingerprint density at radius 2 is 2.04 bits per heavy atom. The molecule has 0 aliphatic heterocycles. The number of H-pyrrole nitrogens is 1. The normalized spacial score (nSPS) is 24.3. The van der Waals surface area contributed by atoms with E-state index in [1.807, 2.05) is 30.3 Å². The van der Waals surface area contributed by atoms with Crippen molar-refractivity contribution in [2.45, 2.75) is 39.2 Å². The maximum Gasteiger partial charge on any atom is 0.267 e. The van der Waals surface area contributed by atoms with Gasteiger partial charge in [0.2, 0.25) is 0 Å². The largest absolute Gasteiger partial charge is 0.349 e. The molecule has 1 fully saturated rings. The molecule has 0 radical (unpaired) electrons. The Morgan fingerprint density at radius 1 is 1.21 bits per heavy atom. The third-order valence-electron chi connectivity index (χ3n) is 5.63. The third kappa shape index (κ3) is 2.56. The van der Waals surface area contributed by atoms with E-state index in [1.54, 1.807) is 6.20 Å². The van der Waals surface area contributed by atoms with Gasteiger partial charge in [-0.05, 0) is 30.4 Å². The summed E-state index contributed by atoms with van der Waals surface area (Å²) in [4.78, 5) is 20.4. The first kappa shape index (κ1) is 15.2. The second kappa shape index (κ2) is 5.93. The van der Waals surface area contributed by atoms with Crippen molar-refractivity contribution in [1.29, 1.82) is 0 Å². The number of aromatic amines is 1. The molecule has 4 heteroatoms. The van der Waals surface area contributed by atoms with Crippen molar-refractivity contribution >= 4 is 27.7 Å². The molecule has 0 saturated heterocycles. The molecule has 2 heterocycles. The van der Waals surface area contributed by atoms with Crippen LogP contribution in [0.2, 0.25) is 0 Å². The highest BCUT2D eigenvalue weighted by atomic mass is 16.1. The van der Waals surface area contributed by atoms with Crippen molar-refractivity contribution in [2.75, 3.05) is 0 Å². The Balaban J connectivity index is 1.64. The average Bonchev–Trinajstić information content (AvgIpc) is 3.04. The van der Waals surface area contributed by atoms with E-state index in [0.29, 0.717) is 17.5 Å². The molecule has 0 spiro atoms. The third-order valence-corrected chi connectivity index (χ3v) is 5.63. The zero-order chi connectivity index (χ0) is 16.7. The molecule has 1 aliphatic rings. The number of hydrogen-bond acceptors (Lipinski definition) is 2. The van der Waals surface area contributed by atoms with Gasteiger partial charge in [0.05, 0.1) is 11.0 Å². The van der Waals surface area contributed by atoms with Crippen LogP contribution in [0.4, 0.5) is 0 Å². The quantitative estimate of drug-likeness (QED) is 0.740. The van der Waals surface area contributed by atoms with Crippen molar-refractivity contribution in [1.82, 2.24) is 15.3 Å². The van der Waals surface area contributed by atoms with Gasteiger partial charge in [0, 0.05) is 23.0 Å². The van der Waals surface area contributed by atoms with E-state index in [-0.39, 0.29) is 11.9 Å². The molecule has 1 aliphatic carbocycles. The van der Waals surface area contributed by atoms with Crippen molar-refractivity contribution < 1.29 is 4.79 Å². The number of hydrogen-bond donors (Lipinski definition) is 2. The number of aromatic nitrogens is 2. The molecular formula is C20H23N3O. The molecule has 2 N–H and O–H groups in total. The van der Waals surface area contributed by atoms with E-state index in [1.165, 1.54) is 12.8 Å². The van der Waals surface area contributed by atoms with Gasteiger partial charge >= 0.3 is 0 Å². The summed E-state index contributed by atoms with van der Waals surface area (Å²) < 4.78 is 0. The van der Waals surface area contributed by atoms with E-state index < -0.39 is 0 Å². The second-order valence-corrected chi connectivity index (χ2v) is 7.14. The summed E-state index contributed by atoms with van der Waals surface area (Å²) in [6.07, 6.45) is 5.31. The Hall–Kier alpha value is -2.36. The number of amides is 1. The van der Waals surface area contributed by atoms with Gasteiger partial charge in [-0.25, -0.2) is 0 Å². The summed E-state index contributed by atoms with van der Waals surface area (Å²) in [5.41, 5.74) is 2.46. The lowest BCUT2D eigenvalue weighted by molar-refractivity contribution is 0.0887. The van der Waals surface area contributed by atoms with Gasteiger partial charge in [0.1, 0.15) is 5.69 Å². The van der Waals surface area contributed by atoms with E-state index in [4.69, 9.17) is 0 Å². The van der Waals surface area contributed by atoms with Gasteiger partial charge in [-0.3, -0.25) is 9.78 Å². The first-order valence-corrected chi connectivity index (χ1v) is 8.81. The maximum absolute atomic E-state index is 12.7. The monoisotopic (exact) mass is 321 g/mol. The van der Waals surface area contributed by atoms with Crippen LogP contribution < -0.4 is 5.32 Å². The minimum absolute atomic E-state index is 0.0127. The number of nitrogens with zero attached hydrogens (tertiary/aromatic N) is 1. The average molecular weight is 321 g/mol. The van der Waals surface area contributed by atoms with Crippen molar-refractivity contribution in [3.63, 3.8) is 0 Å². The molecule has 124 valence electrons. The fraction of sp³-hybridized carbons (Fsp3) is 0.400. The molecule has 2 aromatic heterocycles. The number of carbonyl (C=O) groups is 1. The molecule has 3 aromatic rings. The van der Waals surface area contributed by atoms with Gasteiger partial charge in [-0.1, -0.05) is 44.9 Å². The minimum Gasteiger partial charge on any atom is -0.349 e. The van der Waals surface area contributed by atoms with E-state index in [0.717, 1.165) is 28.2 Å². The van der Waals surface area contributed by atoms with Crippen molar-refractivity contribution in [2.24, 2.45) is 11.8 Å². The van der Waals surface area contributed by atoms with Crippen LogP contribution in [0.5, 0.6) is 0 Å². The SMILES string of the molecule is CC1CCCC(NC(=O)c2cc3ccc4cccnc4c3[nH]2)C1C. The maximum atomic E-state index is 12.7. The fourth-order valence-electron chi connectivity index (χ4n) is 3.89. The van der Waals surface area contributed by atoms with E-state index >= 15 is 0 Å². The Bertz CT molecular complexity index is 898. The lowest BCUT2D eigenvalue weighted by atomic mass is 9.78. The van der Waals surface area contributed by atoms with E-state index in [2.05, 4.69) is 29.1 Å². The topological polar surface area (TPSA) is 57.8 Å². The van der Waals surface area contributed by atoms with Gasteiger partial charge in [-0.15, -0.1) is 0 Å². The van der Waals surface area contributed by atoms with Crippen LogP contribution in [0.3, 0.4) is 0 Å². The van der Waals surface area contributed by atoms with Crippen LogP contribution in [-0.4, -0.2) is 21.9 Å². The summed E-state index contributed by atoms with van der Waals surface area (Å²) >= 11 is 0. The lowest BCUT2D eigenvalue weighted by Gasteiger charge is -2.34. The van der Waals surface area contributed by atoms with Crippen LogP contribution in [0.15, 0.2) is 36.5 Å². The van der Waals surface area contributed by atoms with Crippen LogP contribution in [0, 0.1) is 11.8 Å². The van der Waals surface area contributed by atoms with Crippen LogP contribution >= 0.6 is 0 Å². The highest BCUT2D eigenvalue weighted by Crippen LogP contribution is 2.30. The summed E-state index contributed by atoms with van der Waals surface area (Å²) in [5.74, 6) is 1.18.